The Kier molecular flexibility index (Phi) is 2.66. The molecule has 1 aliphatic rings. The number of rotatable bonds is 3. The largest absolute Gasteiger partial charge is 0.467 e. The second kappa shape index (κ2) is 3.77. The summed E-state index contributed by atoms with van der Waals surface area (Å²) in [7, 11) is 0. The number of hydrogen-bond acceptors (Lipinski definition) is 4. The van der Waals surface area contributed by atoms with E-state index in [1.807, 2.05) is 6.92 Å². The number of carbonyl (C=O) groups is 1. The minimum atomic E-state index is -1.34. The van der Waals surface area contributed by atoms with Crippen molar-refractivity contribution in [3.05, 3.63) is 24.2 Å². The average molecular weight is 239 g/mol. The Morgan fingerprint density at radius 1 is 1.47 bits per heavy atom. The van der Waals surface area contributed by atoms with Crippen molar-refractivity contribution in [3.8, 4) is 0 Å². The fourth-order valence-corrected chi connectivity index (χ4v) is 1.99. The first-order valence-corrected chi connectivity index (χ1v) is 5.66. The molecule has 1 aromatic heterocycles. The molecule has 1 saturated heterocycles. The van der Waals surface area contributed by atoms with Crippen LogP contribution in [-0.4, -0.2) is 27.4 Å². The van der Waals surface area contributed by atoms with Gasteiger partial charge in [-0.05, 0) is 32.4 Å². The molecule has 1 amide bonds. The maximum absolute atomic E-state index is 11.8. The van der Waals surface area contributed by atoms with Gasteiger partial charge < -0.3 is 14.3 Å². The van der Waals surface area contributed by atoms with Crippen LogP contribution in [0.5, 0.6) is 0 Å². The standard InChI is InChI=1S/C12H17NO4/c1-4-11(2)12(3,15)13(10(14)17-11)8-9-6-5-7-16-9/h5-7,15H,4,8H2,1-3H3/t11-,12+/m0/s1. The lowest BCUT2D eigenvalue weighted by Crippen LogP contribution is -2.54. The van der Waals surface area contributed by atoms with Crippen LogP contribution in [-0.2, 0) is 11.3 Å². The Morgan fingerprint density at radius 3 is 2.65 bits per heavy atom. The van der Waals surface area contributed by atoms with Gasteiger partial charge in [-0.2, -0.15) is 0 Å². The van der Waals surface area contributed by atoms with Gasteiger partial charge in [-0.25, -0.2) is 4.79 Å². The second-order valence-corrected chi connectivity index (χ2v) is 4.64. The average Bonchev–Trinajstić information content (AvgIpc) is 2.82. The van der Waals surface area contributed by atoms with Crippen molar-refractivity contribution < 1.29 is 19.1 Å². The highest BCUT2D eigenvalue weighted by molar-refractivity contribution is 5.72. The minimum Gasteiger partial charge on any atom is -0.467 e. The van der Waals surface area contributed by atoms with Crippen molar-refractivity contribution in [2.75, 3.05) is 0 Å². The van der Waals surface area contributed by atoms with Crippen molar-refractivity contribution in [1.82, 2.24) is 4.90 Å². The molecule has 17 heavy (non-hydrogen) atoms. The molecular weight excluding hydrogens is 222 g/mol. The molecule has 0 radical (unpaired) electrons. The minimum absolute atomic E-state index is 0.203. The number of cyclic esters (lactones) is 1. The summed E-state index contributed by atoms with van der Waals surface area (Å²) in [6.07, 6.45) is 1.56. The van der Waals surface area contributed by atoms with Crippen molar-refractivity contribution in [1.29, 1.82) is 0 Å². The molecule has 0 spiro atoms. The zero-order valence-electron chi connectivity index (χ0n) is 10.3. The molecule has 2 rings (SSSR count). The van der Waals surface area contributed by atoms with Gasteiger partial charge in [-0.3, -0.25) is 4.90 Å². The molecule has 1 fully saturated rings. The van der Waals surface area contributed by atoms with Crippen molar-refractivity contribution >= 4 is 6.09 Å². The van der Waals surface area contributed by atoms with Crippen LogP contribution in [0, 0.1) is 0 Å². The topological polar surface area (TPSA) is 62.9 Å². The number of aliphatic hydroxyl groups is 1. The van der Waals surface area contributed by atoms with Gasteiger partial charge in [0.25, 0.3) is 0 Å². The van der Waals surface area contributed by atoms with E-state index in [1.165, 1.54) is 11.2 Å². The first kappa shape index (κ1) is 12.0. The Hall–Kier alpha value is -1.49. The van der Waals surface area contributed by atoms with Crippen LogP contribution in [0.3, 0.4) is 0 Å². The molecular formula is C12H17NO4. The summed E-state index contributed by atoms with van der Waals surface area (Å²) < 4.78 is 10.4. The highest BCUT2D eigenvalue weighted by Crippen LogP contribution is 2.40. The van der Waals surface area contributed by atoms with E-state index >= 15 is 0 Å². The molecule has 0 aromatic carbocycles. The summed E-state index contributed by atoms with van der Waals surface area (Å²) in [6.45, 7) is 5.39. The van der Waals surface area contributed by atoms with E-state index in [9.17, 15) is 9.90 Å². The number of furan rings is 1. The Morgan fingerprint density at radius 2 is 2.18 bits per heavy atom. The molecule has 0 unspecified atom stereocenters. The van der Waals surface area contributed by atoms with Crippen LogP contribution < -0.4 is 0 Å². The van der Waals surface area contributed by atoms with E-state index in [1.54, 1.807) is 26.0 Å². The quantitative estimate of drug-likeness (QED) is 0.877. The van der Waals surface area contributed by atoms with E-state index in [0.717, 1.165) is 0 Å². The maximum Gasteiger partial charge on any atom is 0.413 e. The Balaban J connectivity index is 2.26. The Bertz CT molecular complexity index is 412. The highest BCUT2D eigenvalue weighted by atomic mass is 16.6. The van der Waals surface area contributed by atoms with Gasteiger partial charge in [-0.15, -0.1) is 0 Å². The molecule has 5 nitrogen and oxygen atoms in total. The first-order valence-electron chi connectivity index (χ1n) is 5.66. The number of amides is 1. The summed E-state index contributed by atoms with van der Waals surface area (Å²) >= 11 is 0. The van der Waals surface area contributed by atoms with E-state index in [0.29, 0.717) is 12.2 Å². The SMILES string of the molecule is CC[C@]1(C)OC(=O)N(Cc2ccco2)[C@]1(C)O. The van der Waals surface area contributed by atoms with E-state index in [4.69, 9.17) is 9.15 Å². The van der Waals surface area contributed by atoms with E-state index in [-0.39, 0.29) is 6.54 Å². The number of ether oxygens (including phenoxy) is 1. The van der Waals surface area contributed by atoms with Crippen LogP contribution in [0.2, 0.25) is 0 Å². The number of carbonyl (C=O) groups excluding carboxylic acids is 1. The molecule has 5 heteroatoms. The fourth-order valence-electron chi connectivity index (χ4n) is 1.99. The third-order valence-corrected chi connectivity index (χ3v) is 3.63. The molecule has 1 N–H and O–H groups in total. The predicted molar refractivity (Wildman–Crippen MR) is 60.1 cm³/mol. The summed E-state index contributed by atoms with van der Waals surface area (Å²) in [5.74, 6) is 0.613. The molecule has 2 heterocycles. The molecule has 0 aliphatic carbocycles. The van der Waals surface area contributed by atoms with Gasteiger partial charge >= 0.3 is 6.09 Å². The zero-order valence-corrected chi connectivity index (χ0v) is 10.3. The van der Waals surface area contributed by atoms with E-state index < -0.39 is 17.4 Å². The third-order valence-electron chi connectivity index (χ3n) is 3.63. The fraction of sp³-hybridized carbons (Fsp3) is 0.583. The predicted octanol–water partition coefficient (Wildman–Crippen LogP) is 2.11. The molecule has 1 aromatic rings. The van der Waals surface area contributed by atoms with Crippen LogP contribution in [0.4, 0.5) is 4.79 Å². The summed E-state index contributed by atoms with van der Waals surface area (Å²) in [5, 5.41) is 10.5. The van der Waals surface area contributed by atoms with Crippen LogP contribution >= 0.6 is 0 Å². The zero-order chi connectivity index (χ0) is 12.7. The lowest BCUT2D eigenvalue weighted by molar-refractivity contribution is -0.140. The monoisotopic (exact) mass is 239 g/mol. The van der Waals surface area contributed by atoms with Gasteiger partial charge in [0, 0.05) is 0 Å². The molecule has 94 valence electrons. The third kappa shape index (κ3) is 1.70. The number of hydrogen-bond donors (Lipinski definition) is 1. The second-order valence-electron chi connectivity index (χ2n) is 4.64. The number of nitrogens with zero attached hydrogens (tertiary/aromatic N) is 1. The van der Waals surface area contributed by atoms with Crippen molar-refractivity contribution in [2.45, 2.75) is 45.1 Å². The molecule has 0 saturated carbocycles. The van der Waals surface area contributed by atoms with Gasteiger partial charge in [0.2, 0.25) is 0 Å². The molecule has 2 atom stereocenters. The lowest BCUT2D eigenvalue weighted by atomic mass is 9.91. The van der Waals surface area contributed by atoms with Gasteiger partial charge in [0.1, 0.15) is 5.76 Å². The normalized spacial score (nSPS) is 32.9. The Labute approximate surface area is 100.0 Å². The van der Waals surface area contributed by atoms with Crippen molar-refractivity contribution in [3.63, 3.8) is 0 Å². The summed E-state index contributed by atoms with van der Waals surface area (Å²) in [6, 6.07) is 3.50. The van der Waals surface area contributed by atoms with Crippen molar-refractivity contribution in [2.24, 2.45) is 0 Å². The van der Waals surface area contributed by atoms with Gasteiger partial charge in [0.15, 0.2) is 11.3 Å². The highest BCUT2D eigenvalue weighted by Gasteiger charge is 2.58. The molecule has 0 bridgehead atoms. The van der Waals surface area contributed by atoms with Crippen LogP contribution in [0.15, 0.2) is 22.8 Å². The first-order chi connectivity index (χ1) is 7.90. The van der Waals surface area contributed by atoms with E-state index in [2.05, 4.69) is 0 Å². The van der Waals surface area contributed by atoms with Crippen LogP contribution in [0.1, 0.15) is 33.0 Å². The summed E-state index contributed by atoms with van der Waals surface area (Å²) in [5.41, 5.74) is -2.23. The van der Waals surface area contributed by atoms with Crippen LogP contribution in [0.25, 0.3) is 0 Å². The van der Waals surface area contributed by atoms with Gasteiger partial charge in [-0.1, -0.05) is 6.92 Å². The van der Waals surface area contributed by atoms with Gasteiger partial charge in [0.05, 0.1) is 12.8 Å². The lowest BCUT2D eigenvalue weighted by Gasteiger charge is -2.36. The molecule has 1 aliphatic heterocycles. The maximum atomic E-state index is 11.8. The smallest absolute Gasteiger partial charge is 0.413 e. The summed E-state index contributed by atoms with van der Waals surface area (Å²) in [4.78, 5) is 13.1.